The van der Waals surface area contributed by atoms with Crippen LogP contribution in [0.4, 0.5) is 15.8 Å². The summed E-state index contributed by atoms with van der Waals surface area (Å²) in [6.07, 6.45) is 1.50. The minimum Gasteiger partial charge on any atom is -0.324 e. The summed E-state index contributed by atoms with van der Waals surface area (Å²) in [5.74, 6) is 4.70. The van der Waals surface area contributed by atoms with Crippen molar-refractivity contribution >= 4 is 17.3 Å². The topological polar surface area (TPSA) is 71.2 Å². The number of nitrogens with two attached hydrogens (primary N) is 1. The van der Waals surface area contributed by atoms with Gasteiger partial charge in [0.25, 0.3) is 5.91 Å². The first-order valence-electron chi connectivity index (χ1n) is 6.15. The van der Waals surface area contributed by atoms with E-state index in [1.807, 2.05) is 6.92 Å². The molecule has 20 heavy (non-hydrogen) atoms. The molecular weight excluding hydrogens is 259 g/mol. The van der Waals surface area contributed by atoms with E-state index < -0.39 is 0 Å². The van der Waals surface area contributed by atoms with Gasteiger partial charge in [0, 0.05) is 18.4 Å². The summed E-state index contributed by atoms with van der Waals surface area (Å²) in [5.41, 5.74) is 3.95. The zero-order valence-corrected chi connectivity index (χ0v) is 11.0. The number of nitrogens with one attached hydrogen (secondary N) is 1. The van der Waals surface area contributed by atoms with E-state index in [4.69, 9.17) is 5.84 Å². The van der Waals surface area contributed by atoms with E-state index in [-0.39, 0.29) is 17.4 Å². The molecule has 1 aromatic carbocycles. The predicted octanol–water partition coefficient (Wildman–Crippen LogP) is 2.17. The van der Waals surface area contributed by atoms with Gasteiger partial charge in [-0.2, -0.15) is 0 Å². The maximum Gasteiger partial charge on any atom is 0.276 e. The number of nitrogen functional groups attached to an aromatic ring is 1. The van der Waals surface area contributed by atoms with Gasteiger partial charge in [-0.05, 0) is 43.3 Å². The number of hydrogen-bond acceptors (Lipinski definition) is 4. The molecule has 0 fully saturated rings. The molecule has 3 N–H and O–H groups in total. The zero-order valence-electron chi connectivity index (χ0n) is 11.0. The number of benzene rings is 1. The van der Waals surface area contributed by atoms with Crippen LogP contribution in [0.2, 0.25) is 0 Å². The number of aromatic nitrogens is 1. The van der Waals surface area contributed by atoms with Crippen LogP contribution < -0.4 is 16.2 Å². The molecular formula is C14H15FN4O. The molecule has 0 saturated carbocycles. The summed E-state index contributed by atoms with van der Waals surface area (Å²) in [6, 6.07) is 8.97. The van der Waals surface area contributed by atoms with Gasteiger partial charge in [-0.1, -0.05) is 0 Å². The number of anilines is 2. The Bertz CT molecular complexity index is 600. The first-order valence-corrected chi connectivity index (χ1v) is 6.15. The molecule has 0 aliphatic rings. The molecule has 1 amide bonds. The summed E-state index contributed by atoms with van der Waals surface area (Å²) in [5, 5.41) is 0. The number of carbonyl (C=O) groups is 1. The smallest absolute Gasteiger partial charge is 0.276 e. The van der Waals surface area contributed by atoms with E-state index >= 15 is 0 Å². The van der Waals surface area contributed by atoms with E-state index in [9.17, 15) is 9.18 Å². The van der Waals surface area contributed by atoms with E-state index in [0.717, 1.165) is 0 Å². The fourth-order valence-electron chi connectivity index (χ4n) is 1.84. The van der Waals surface area contributed by atoms with E-state index in [2.05, 4.69) is 10.4 Å². The van der Waals surface area contributed by atoms with Crippen molar-refractivity contribution in [1.82, 2.24) is 4.98 Å². The van der Waals surface area contributed by atoms with E-state index in [1.54, 1.807) is 24.3 Å². The van der Waals surface area contributed by atoms with Gasteiger partial charge in [0.05, 0.1) is 5.69 Å². The molecule has 0 spiro atoms. The molecule has 0 saturated heterocycles. The van der Waals surface area contributed by atoms with Crippen molar-refractivity contribution in [2.24, 2.45) is 5.84 Å². The van der Waals surface area contributed by atoms with Crippen molar-refractivity contribution in [2.45, 2.75) is 6.92 Å². The van der Waals surface area contributed by atoms with Crippen molar-refractivity contribution in [2.75, 3.05) is 16.9 Å². The molecule has 0 bridgehead atoms. The second-order valence-corrected chi connectivity index (χ2v) is 4.10. The first kappa shape index (κ1) is 14.0. The lowest BCUT2D eigenvalue weighted by Gasteiger charge is -2.20. The number of halogens is 1. The molecule has 2 rings (SSSR count). The third-order valence-electron chi connectivity index (χ3n) is 2.85. The third-order valence-corrected chi connectivity index (χ3v) is 2.85. The van der Waals surface area contributed by atoms with Gasteiger partial charge >= 0.3 is 0 Å². The van der Waals surface area contributed by atoms with Crippen LogP contribution in [0.1, 0.15) is 17.4 Å². The van der Waals surface area contributed by atoms with Gasteiger partial charge in [0.1, 0.15) is 11.5 Å². The van der Waals surface area contributed by atoms with Crippen LogP contribution in [0.5, 0.6) is 0 Å². The fraction of sp³-hybridized carbons (Fsp3) is 0.143. The van der Waals surface area contributed by atoms with Crippen LogP contribution >= 0.6 is 0 Å². The maximum absolute atomic E-state index is 12.9. The summed E-state index contributed by atoms with van der Waals surface area (Å²) >= 11 is 0. The average molecular weight is 274 g/mol. The number of nitrogens with zero attached hydrogens (tertiary/aromatic N) is 2. The highest BCUT2D eigenvalue weighted by Crippen LogP contribution is 2.18. The van der Waals surface area contributed by atoms with Crippen molar-refractivity contribution in [3.63, 3.8) is 0 Å². The van der Waals surface area contributed by atoms with Crippen LogP contribution in [-0.4, -0.2) is 17.4 Å². The van der Waals surface area contributed by atoms with Gasteiger partial charge in [-0.3, -0.25) is 15.6 Å². The van der Waals surface area contributed by atoms with E-state index in [0.29, 0.717) is 17.9 Å². The summed E-state index contributed by atoms with van der Waals surface area (Å²) in [4.78, 5) is 18.0. The van der Waals surface area contributed by atoms with Crippen LogP contribution in [0.15, 0.2) is 42.6 Å². The normalized spacial score (nSPS) is 10.2. The number of rotatable bonds is 4. The molecule has 104 valence electrons. The Balaban J connectivity index is 2.31. The second kappa shape index (κ2) is 6.12. The van der Waals surface area contributed by atoms with Crippen LogP contribution in [-0.2, 0) is 0 Å². The monoisotopic (exact) mass is 274 g/mol. The second-order valence-electron chi connectivity index (χ2n) is 4.10. The van der Waals surface area contributed by atoms with Gasteiger partial charge < -0.3 is 10.3 Å². The Morgan fingerprint density at radius 2 is 2.05 bits per heavy atom. The van der Waals surface area contributed by atoms with Crippen LogP contribution in [0.3, 0.4) is 0 Å². The molecule has 2 aromatic rings. The Hall–Kier alpha value is -2.47. The lowest BCUT2D eigenvalue weighted by Crippen LogP contribution is -2.31. The molecule has 5 nitrogen and oxygen atoms in total. The van der Waals surface area contributed by atoms with Crippen LogP contribution in [0, 0.1) is 5.82 Å². The van der Waals surface area contributed by atoms with Gasteiger partial charge in [0.15, 0.2) is 0 Å². The molecule has 6 heteroatoms. The summed E-state index contributed by atoms with van der Waals surface area (Å²) < 4.78 is 12.9. The third kappa shape index (κ3) is 2.92. The molecule has 0 radical (unpaired) electrons. The number of pyridine rings is 1. The molecule has 0 atom stereocenters. The highest BCUT2D eigenvalue weighted by Gasteiger charge is 2.17. The Kier molecular flexibility index (Phi) is 4.27. The quantitative estimate of drug-likeness (QED) is 0.662. The highest BCUT2D eigenvalue weighted by molar-refractivity contribution is 6.05. The molecule has 1 aromatic heterocycles. The van der Waals surface area contributed by atoms with Gasteiger partial charge in [-0.25, -0.2) is 4.39 Å². The van der Waals surface area contributed by atoms with Crippen molar-refractivity contribution in [3.05, 3.63) is 54.1 Å². The molecule has 1 heterocycles. The number of hydrogen-bond donors (Lipinski definition) is 2. The fourth-order valence-corrected chi connectivity index (χ4v) is 1.84. The number of amides is 1. The summed E-state index contributed by atoms with van der Waals surface area (Å²) in [7, 11) is 0. The van der Waals surface area contributed by atoms with Crippen molar-refractivity contribution in [3.8, 4) is 0 Å². The standard InChI is InChI=1S/C14H15FN4O/c1-2-19(12-5-3-10(15)4-6-12)14(20)13-9-11(18-16)7-8-17-13/h3-9H,2,16H2,1H3,(H,17,18). The highest BCUT2D eigenvalue weighted by atomic mass is 19.1. The van der Waals surface area contributed by atoms with Gasteiger partial charge in [0.2, 0.25) is 0 Å². The Morgan fingerprint density at radius 3 is 2.65 bits per heavy atom. The SMILES string of the molecule is CCN(C(=O)c1cc(NN)ccn1)c1ccc(F)cc1. The molecule has 0 aliphatic carbocycles. The lowest BCUT2D eigenvalue weighted by molar-refractivity contribution is 0.0983. The molecule has 0 aliphatic heterocycles. The first-order chi connectivity index (χ1) is 9.65. The van der Waals surface area contributed by atoms with E-state index in [1.165, 1.54) is 23.2 Å². The summed E-state index contributed by atoms with van der Waals surface area (Å²) in [6.45, 7) is 2.29. The van der Waals surface area contributed by atoms with Crippen LogP contribution in [0.25, 0.3) is 0 Å². The minimum absolute atomic E-state index is 0.267. The maximum atomic E-state index is 12.9. The Morgan fingerprint density at radius 1 is 1.35 bits per heavy atom. The zero-order chi connectivity index (χ0) is 14.5. The minimum atomic E-state index is -0.343. The average Bonchev–Trinajstić information content (AvgIpc) is 2.50. The van der Waals surface area contributed by atoms with Crippen molar-refractivity contribution in [1.29, 1.82) is 0 Å². The predicted molar refractivity (Wildman–Crippen MR) is 75.8 cm³/mol. The number of hydrazine groups is 1. The molecule has 0 unspecified atom stereocenters. The van der Waals surface area contributed by atoms with Crippen molar-refractivity contribution < 1.29 is 9.18 Å². The van der Waals surface area contributed by atoms with Gasteiger partial charge in [-0.15, -0.1) is 0 Å². The number of carbonyl (C=O) groups excluding carboxylic acids is 1. The Labute approximate surface area is 116 Å². The lowest BCUT2D eigenvalue weighted by atomic mass is 10.2. The largest absolute Gasteiger partial charge is 0.324 e.